The standard InChI is InChI=1S/C9H12O2S/c1-7(10)8-3-5-9(6-4-8)12(2)11/h3-7,10H,1-2H3. The lowest BCUT2D eigenvalue weighted by Gasteiger charge is -2.06. The van der Waals surface area contributed by atoms with Gasteiger partial charge in [0, 0.05) is 0 Å². The molecule has 0 saturated carbocycles. The van der Waals surface area contributed by atoms with Gasteiger partial charge >= 0.3 is 0 Å². The maximum atomic E-state index is 11.0. The maximum absolute atomic E-state index is 11.0. The van der Waals surface area contributed by atoms with Crippen molar-refractivity contribution in [3.8, 4) is 0 Å². The van der Waals surface area contributed by atoms with Crippen LogP contribution < -0.4 is 0 Å². The average Bonchev–Trinajstić information content (AvgIpc) is 2.04. The first kappa shape index (κ1) is 9.58. The molecular formula is C9H12O2S. The molecule has 0 bridgehead atoms. The van der Waals surface area contributed by atoms with Gasteiger partial charge < -0.3 is 9.66 Å². The van der Waals surface area contributed by atoms with Crippen molar-refractivity contribution >= 4 is 11.2 Å². The summed E-state index contributed by atoms with van der Waals surface area (Å²) in [5.41, 5.74) is 0.851. The molecule has 0 aromatic heterocycles. The van der Waals surface area contributed by atoms with Crippen LogP contribution in [0.15, 0.2) is 29.2 Å². The van der Waals surface area contributed by atoms with Gasteiger partial charge in [0.1, 0.15) is 6.26 Å². The molecule has 0 heterocycles. The quantitative estimate of drug-likeness (QED) is 0.707. The molecule has 2 atom stereocenters. The zero-order valence-electron chi connectivity index (χ0n) is 7.15. The van der Waals surface area contributed by atoms with Crippen LogP contribution in [-0.4, -0.2) is 15.9 Å². The van der Waals surface area contributed by atoms with Crippen molar-refractivity contribution in [3.63, 3.8) is 0 Å². The Morgan fingerprint density at radius 2 is 1.83 bits per heavy atom. The average molecular weight is 184 g/mol. The van der Waals surface area contributed by atoms with Crippen molar-refractivity contribution in [3.05, 3.63) is 29.8 Å². The third-order valence-electron chi connectivity index (χ3n) is 1.69. The van der Waals surface area contributed by atoms with E-state index in [0.29, 0.717) is 0 Å². The molecule has 2 nitrogen and oxygen atoms in total. The first-order chi connectivity index (χ1) is 5.61. The van der Waals surface area contributed by atoms with Crippen molar-refractivity contribution in [2.75, 3.05) is 6.26 Å². The smallest absolute Gasteiger partial charge is 0.152 e. The summed E-state index contributed by atoms with van der Waals surface area (Å²) >= 11 is -0.932. The van der Waals surface area contributed by atoms with E-state index < -0.39 is 17.3 Å². The van der Waals surface area contributed by atoms with Gasteiger partial charge in [0.2, 0.25) is 0 Å². The molecule has 1 N–H and O–H groups in total. The number of rotatable bonds is 2. The molecule has 0 aliphatic rings. The summed E-state index contributed by atoms with van der Waals surface area (Å²) < 4.78 is 11.0. The lowest BCUT2D eigenvalue weighted by Crippen LogP contribution is -1.98. The molecule has 0 amide bonds. The highest BCUT2D eigenvalue weighted by Gasteiger charge is 2.04. The fraction of sp³-hybridized carbons (Fsp3) is 0.333. The van der Waals surface area contributed by atoms with E-state index in [4.69, 9.17) is 0 Å². The van der Waals surface area contributed by atoms with Crippen molar-refractivity contribution in [2.24, 2.45) is 0 Å². The second-order valence-electron chi connectivity index (χ2n) is 2.70. The highest BCUT2D eigenvalue weighted by Crippen LogP contribution is 2.15. The monoisotopic (exact) mass is 184 g/mol. The molecule has 1 aromatic carbocycles. The van der Waals surface area contributed by atoms with Crippen molar-refractivity contribution in [1.29, 1.82) is 0 Å². The Balaban J connectivity index is 2.86. The molecule has 0 aliphatic heterocycles. The van der Waals surface area contributed by atoms with Crippen LogP contribution in [0.5, 0.6) is 0 Å². The van der Waals surface area contributed by atoms with Crippen LogP contribution in [0.3, 0.4) is 0 Å². The third-order valence-corrected chi connectivity index (χ3v) is 2.63. The fourth-order valence-corrected chi connectivity index (χ4v) is 1.46. The van der Waals surface area contributed by atoms with Gasteiger partial charge in [0.25, 0.3) is 0 Å². The molecule has 1 rings (SSSR count). The van der Waals surface area contributed by atoms with Crippen LogP contribution in [0.4, 0.5) is 0 Å². The molecule has 0 spiro atoms. The molecule has 0 radical (unpaired) electrons. The van der Waals surface area contributed by atoms with Crippen LogP contribution in [0.2, 0.25) is 0 Å². The number of aliphatic hydroxyl groups is 1. The molecule has 3 heteroatoms. The molecule has 0 fully saturated rings. The summed E-state index contributed by atoms with van der Waals surface area (Å²) in [5.74, 6) is 0. The molecule has 0 aliphatic carbocycles. The van der Waals surface area contributed by atoms with Gasteiger partial charge in [0.05, 0.1) is 6.10 Å². The summed E-state index contributed by atoms with van der Waals surface area (Å²) in [4.78, 5) is 0.791. The van der Waals surface area contributed by atoms with E-state index in [0.717, 1.165) is 10.5 Å². The van der Waals surface area contributed by atoms with E-state index in [1.807, 2.05) is 0 Å². The number of benzene rings is 1. The Kier molecular flexibility index (Phi) is 3.14. The van der Waals surface area contributed by atoms with Crippen LogP contribution in [-0.2, 0) is 11.2 Å². The minimum atomic E-state index is -0.932. The summed E-state index contributed by atoms with van der Waals surface area (Å²) in [6, 6.07) is 7.14. The SMILES string of the molecule is CC(O)c1ccc([S+](C)[O-])cc1. The van der Waals surface area contributed by atoms with Crippen molar-refractivity contribution in [2.45, 2.75) is 17.9 Å². The van der Waals surface area contributed by atoms with E-state index in [1.54, 1.807) is 37.4 Å². The number of hydrogen-bond acceptors (Lipinski definition) is 2. The maximum Gasteiger partial charge on any atom is 0.152 e. The van der Waals surface area contributed by atoms with E-state index in [2.05, 4.69) is 0 Å². The zero-order valence-corrected chi connectivity index (χ0v) is 7.97. The molecule has 1 aromatic rings. The van der Waals surface area contributed by atoms with Crippen LogP contribution >= 0.6 is 0 Å². The van der Waals surface area contributed by atoms with Crippen molar-refractivity contribution in [1.82, 2.24) is 0 Å². The molecular weight excluding hydrogens is 172 g/mol. The molecule has 0 saturated heterocycles. The topological polar surface area (TPSA) is 43.3 Å². The lowest BCUT2D eigenvalue weighted by atomic mass is 10.1. The van der Waals surface area contributed by atoms with Gasteiger partial charge in [-0.2, -0.15) is 0 Å². The second-order valence-corrected chi connectivity index (χ2v) is 4.08. The highest BCUT2D eigenvalue weighted by molar-refractivity contribution is 7.90. The molecule has 66 valence electrons. The lowest BCUT2D eigenvalue weighted by molar-refractivity contribution is 0.199. The fourth-order valence-electron chi connectivity index (χ4n) is 0.938. The van der Waals surface area contributed by atoms with Crippen LogP contribution in [0.1, 0.15) is 18.6 Å². The van der Waals surface area contributed by atoms with Crippen LogP contribution in [0, 0.1) is 0 Å². The third kappa shape index (κ3) is 2.24. The minimum absolute atomic E-state index is 0.454. The Morgan fingerprint density at radius 1 is 1.33 bits per heavy atom. The Bertz CT molecular complexity index is 214. The first-order valence-electron chi connectivity index (χ1n) is 3.72. The second kappa shape index (κ2) is 3.94. The van der Waals surface area contributed by atoms with Gasteiger partial charge in [-0.25, -0.2) is 0 Å². The molecule has 12 heavy (non-hydrogen) atoms. The predicted octanol–water partition coefficient (Wildman–Crippen LogP) is 1.48. The van der Waals surface area contributed by atoms with E-state index in [-0.39, 0.29) is 0 Å². The number of aliphatic hydroxyl groups excluding tert-OH is 1. The van der Waals surface area contributed by atoms with Crippen molar-refractivity contribution < 1.29 is 9.66 Å². The highest BCUT2D eigenvalue weighted by atomic mass is 32.2. The van der Waals surface area contributed by atoms with Crippen LogP contribution in [0.25, 0.3) is 0 Å². The van der Waals surface area contributed by atoms with Gasteiger partial charge in [0.15, 0.2) is 4.90 Å². The van der Waals surface area contributed by atoms with Gasteiger partial charge in [-0.1, -0.05) is 12.1 Å². The van der Waals surface area contributed by atoms with E-state index in [1.165, 1.54) is 0 Å². The van der Waals surface area contributed by atoms with E-state index in [9.17, 15) is 9.66 Å². The zero-order chi connectivity index (χ0) is 9.14. The minimum Gasteiger partial charge on any atom is -0.612 e. The summed E-state index contributed by atoms with van der Waals surface area (Å²) in [6.45, 7) is 1.71. The van der Waals surface area contributed by atoms with Gasteiger partial charge in [-0.15, -0.1) is 0 Å². The van der Waals surface area contributed by atoms with Gasteiger partial charge in [-0.3, -0.25) is 0 Å². The first-order valence-corrected chi connectivity index (χ1v) is 5.28. The Morgan fingerprint density at radius 3 is 2.17 bits per heavy atom. The predicted molar refractivity (Wildman–Crippen MR) is 49.4 cm³/mol. The summed E-state index contributed by atoms with van der Waals surface area (Å²) in [6.07, 6.45) is 1.18. The Labute approximate surface area is 75.4 Å². The summed E-state index contributed by atoms with van der Waals surface area (Å²) in [5, 5.41) is 9.18. The molecule has 2 unspecified atom stereocenters. The summed E-state index contributed by atoms with van der Waals surface area (Å²) in [7, 11) is 0. The van der Waals surface area contributed by atoms with Gasteiger partial charge in [-0.05, 0) is 35.8 Å². The largest absolute Gasteiger partial charge is 0.612 e. The Hall–Kier alpha value is -0.510. The van der Waals surface area contributed by atoms with E-state index >= 15 is 0 Å². The number of hydrogen-bond donors (Lipinski definition) is 1. The normalized spacial score (nSPS) is 15.7.